The van der Waals surface area contributed by atoms with Crippen LogP contribution in [0.4, 0.5) is 4.79 Å². The summed E-state index contributed by atoms with van der Waals surface area (Å²) in [5.41, 5.74) is 0.962. The van der Waals surface area contributed by atoms with Crippen LogP contribution in [-0.4, -0.2) is 49.4 Å². The van der Waals surface area contributed by atoms with Gasteiger partial charge >= 0.3 is 6.03 Å². The molecule has 20 heavy (non-hydrogen) atoms. The molecule has 6 heteroatoms. The lowest BCUT2D eigenvalue weighted by molar-refractivity contribution is 0.190. The van der Waals surface area contributed by atoms with Crippen molar-refractivity contribution in [1.29, 1.82) is 0 Å². The summed E-state index contributed by atoms with van der Waals surface area (Å²) < 4.78 is 5.52. The lowest BCUT2D eigenvalue weighted by Gasteiger charge is -2.17. The van der Waals surface area contributed by atoms with Crippen LogP contribution in [-0.2, 0) is 6.42 Å². The number of nitrogens with zero attached hydrogens (tertiary/aromatic N) is 1. The Balaban J connectivity index is 2.52. The molecule has 2 N–H and O–H groups in total. The molecule has 0 atom stereocenters. The molecule has 1 aromatic rings. The third-order valence-electron chi connectivity index (χ3n) is 2.78. The minimum Gasteiger partial charge on any atom is -0.494 e. The van der Waals surface area contributed by atoms with E-state index in [1.807, 2.05) is 19.1 Å². The molecule has 0 heterocycles. The Morgan fingerprint density at radius 2 is 2.25 bits per heavy atom. The number of hydrogen-bond donors (Lipinski definition) is 2. The number of benzene rings is 1. The van der Waals surface area contributed by atoms with Gasteiger partial charge < -0.3 is 20.1 Å². The van der Waals surface area contributed by atoms with Crippen molar-refractivity contribution in [2.45, 2.75) is 13.3 Å². The van der Waals surface area contributed by atoms with E-state index in [4.69, 9.17) is 21.4 Å². The molecule has 0 unspecified atom stereocenters. The van der Waals surface area contributed by atoms with Crippen LogP contribution in [0.25, 0.3) is 0 Å². The second kappa shape index (κ2) is 8.66. The van der Waals surface area contributed by atoms with Crippen molar-refractivity contribution in [2.75, 3.05) is 33.4 Å². The number of aliphatic hydroxyl groups is 1. The van der Waals surface area contributed by atoms with Crippen LogP contribution >= 0.6 is 11.6 Å². The van der Waals surface area contributed by atoms with Gasteiger partial charge in [0.15, 0.2) is 0 Å². The molecule has 0 saturated carbocycles. The molecule has 0 aliphatic heterocycles. The zero-order chi connectivity index (χ0) is 15.0. The zero-order valence-electron chi connectivity index (χ0n) is 11.9. The fraction of sp³-hybridized carbons (Fsp3) is 0.500. The number of ether oxygens (including phenoxy) is 1. The van der Waals surface area contributed by atoms with Crippen molar-refractivity contribution in [3.63, 3.8) is 0 Å². The van der Waals surface area contributed by atoms with E-state index in [9.17, 15) is 4.79 Å². The maximum Gasteiger partial charge on any atom is 0.317 e. The monoisotopic (exact) mass is 300 g/mol. The van der Waals surface area contributed by atoms with Crippen LogP contribution in [0, 0.1) is 0 Å². The predicted octanol–water partition coefficient (Wildman–Crippen LogP) is 1.91. The van der Waals surface area contributed by atoms with E-state index < -0.39 is 0 Å². The van der Waals surface area contributed by atoms with Crippen molar-refractivity contribution in [3.05, 3.63) is 28.8 Å². The Hall–Kier alpha value is -1.46. The van der Waals surface area contributed by atoms with E-state index in [-0.39, 0.29) is 12.6 Å². The van der Waals surface area contributed by atoms with Crippen LogP contribution in [0.15, 0.2) is 18.2 Å². The summed E-state index contributed by atoms with van der Waals surface area (Å²) in [4.78, 5) is 13.1. The minimum atomic E-state index is -0.209. The number of urea groups is 1. The van der Waals surface area contributed by atoms with Gasteiger partial charge in [0.25, 0.3) is 0 Å². The van der Waals surface area contributed by atoms with E-state index in [1.165, 1.54) is 4.90 Å². The Morgan fingerprint density at radius 3 is 2.90 bits per heavy atom. The molecule has 1 aromatic carbocycles. The third kappa shape index (κ3) is 5.27. The molecule has 5 nitrogen and oxygen atoms in total. The summed E-state index contributed by atoms with van der Waals surface area (Å²) in [7, 11) is 1.64. The highest BCUT2D eigenvalue weighted by Crippen LogP contribution is 2.23. The average Bonchev–Trinajstić information content (AvgIpc) is 2.42. The van der Waals surface area contributed by atoms with E-state index >= 15 is 0 Å². The summed E-state index contributed by atoms with van der Waals surface area (Å²) >= 11 is 5.97. The number of likely N-dealkylation sites (N-methyl/N-ethyl adjacent to an activating group) is 1. The second-order valence-corrected chi connectivity index (χ2v) is 4.75. The molecule has 2 amide bonds. The largest absolute Gasteiger partial charge is 0.494 e. The van der Waals surface area contributed by atoms with Crippen molar-refractivity contribution >= 4 is 17.6 Å². The summed E-state index contributed by atoms with van der Waals surface area (Å²) in [6, 6.07) is 5.25. The van der Waals surface area contributed by atoms with Gasteiger partial charge in [-0.25, -0.2) is 4.79 Å². The van der Waals surface area contributed by atoms with Gasteiger partial charge in [0.2, 0.25) is 0 Å². The van der Waals surface area contributed by atoms with Crippen LogP contribution < -0.4 is 10.1 Å². The molecule has 0 aliphatic rings. The van der Waals surface area contributed by atoms with Gasteiger partial charge in [-0.05, 0) is 37.1 Å². The summed E-state index contributed by atoms with van der Waals surface area (Å²) in [6.07, 6.45) is 0.634. The molecule has 112 valence electrons. The minimum absolute atomic E-state index is 0.0489. The predicted molar refractivity (Wildman–Crippen MR) is 79.4 cm³/mol. The van der Waals surface area contributed by atoms with Gasteiger partial charge in [0, 0.05) is 25.2 Å². The van der Waals surface area contributed by atoms with Crippen molar-refractivity contribution in [3.8, 4) is 5.75 Å². The van der Waals surface area contributed by atoms with E-state index in [1.54, 1.807) is 13.1 Å². The molecule has 0 aliphatic carbocycles. The topological polar surface area (TPSA) is 61.8 Å². The first-order chi connectivity index (χ1) is 9.58. The van der Waals surface area contributed by atoms with Crippen molar-refractivity contribution < 1.29 is 14.6 Å². The average molecular weight is 301 g/mol. The fourth-order valence-electron chi connectivity index (χ4n) is 1.73. The highest BCUT2D eigenvalue weighted by molar-refractivity contribution is 6.30. The number of carbonyl (C=O) groups excluding carboxylic acids is 1. The second-order valence-electron chi connectivity index (χ2n) is 4.31. The number of nitrogens with one attached hydrogen (secondary N) is 1. The standard InChI is InChI=1S/C14H21ClN2O3/c1-3-20-13-5-4-12(15)10-11(13)6-7-16-14(19)17(2)8-9-18/h4-5,10,18H,3,6-9H2,1-2H3,(H,16,19). The third-order valence-corrected chi connectivity index (χ3v) is 3.01. The molecule has 0 bridgehead atoms. The summed E-state index contributed by atoms with van der Waals surface area (Å²) in [5, 5.41) is 12.2. The van der Waals surface area contributed by atoms with Crippen LogP contribution in [0.3, 0.4) is 0 Å². The van der Waals surface area contributed by atoms with Crippen molar-refractivity contribution in [1.82, 2.24) is 10.2 Å². The van der Waals surface area contributed by atoms with Gasteiger partial charge in [0.1, 0.15) is 5.75 Å². The summed E-state index contributed by atoms with van der Waals surface area (Å²) in [5.74, 6) is 0.787. The molecular weight excluding hydrogens is 280 g/mol. The van der Waals surface area contributed by atoms with E-state index in [2.05, 4.69) is 5.32 Å². The summed E-state index contributed by atoms with van der Waals surface area (Å²) in [6.45, 7) is 3.25. The first-order valence-corrected chi connectivity index (χ1v) is 6.97. The van der Waals surface area contributed by atoms with Gasteiger partial charge in [-0.1, -0.05) is 11.6 Å². The SMILES string of the molecule is CCOc1ccc(Cl)cc1CCNC(=O)N(C)CCO. The number of halogens is 1. The lowest BCUT2D eigenvalue weighted by Crippen LogP contribution is -2.39. The highest BCUT2D eigenvalue weighted by Gasteiger charge is 2.08. The maximum absolute atomic E-state index is 11.6. The number of hydrogen-bond acceptors (Lipinski definition) is 3. The normalized spacial score (nSPS) is 10.2. The Bertz CT molecular complexity index is 440. The Labute approximate surface area is 124 Å². The van der Waals surface area contributed by atoms with Crippen LogP contribution in [0.2, 0.25) is 5.02 Å². The molecule has 0 saturated heterocycles. The number of carbonyl (C=O) groups is 1. The first-order valence-electron chi connectivity index (χ1n) is 6.59. The number of amides is 2. The fourth-order valence-corrected chi connectivity index (χ4v) is 1.93. The van der Waals surface area contributed by atoms with Gasteiger partial charge in [0.05, 0.1) is 13.2 Å². The Kier molecular flexibility index (Phi) is 7.18. The number of rotatable bonds is 7. The van der Waals surface area contributed by atoms with Crippen molar-refractivity contribution in [2.24, 2.45) is 0 Å². The van der Waals surface area contributed by atoms with Gasteiger partial charge in [-0.15, -0.1) is 0 Å². The molecule has 0 fully saturated rings. The van der Waals surface area contributed by atoms with Gasteiger partial charge in [-0.3, -0.25) is 0 Å². The quantitative estimate of drug-likeness (QED) is 0.808. The van der Waals surface area contributed by atoms with Crippen LogP contribution in [0.1, 0.15) is 12.5 Å². The van der Waals surface area contributed by atoms with E-state index in [0.29, 0.717) is 31.1 Å². The number of aliphatic hydroxyl groups excluding tert-OH is 1. The first kappa shape index (κ1) is 16.6. The van der Waals surface area contributed by atoms with Gasteiger partial charge in [-0.2, -0.15) is 0 Å². The molecular formula is C14H21ClN2O3. The smallest absolute Gasteiger partial charge is 0.317 e. The molecule has 0 aromatic heterocycles. The maximum atomic E-state index is 11.6. The highest BCUT2D eigenvalue weighted by atomic mass is 35.5. The molecule has 1 rings (SSSR count). The zero-order valence-corrected chi connectivity index (χ0v) is 12.6. The molecule has 0 spiro atoms. The molecule has 0 radical (unpaired) electrons. The Morgan fingerprint density at radius 1 is 1.50 bits per heavy atom. The van der Waals surface area contributed by atoms with E-state index in [0.717, 1.165) is 11.3 Å². The van der Waals surface area contributed by atoms with Crippen LogP contribution in [0.5, 0.6) is 5.75 Å². The lowest BCUT2D eigenvalue weighted by atomic mass is 10.1.